The number of benzene rings is 1. The molecular formula is C16H13F3N2O. The molecule has 0 saturated carbocycles. The molecule has 0 saturated heterocycles. The molecule has 3 rings (SSSR count). The van der Waals surface area contributed by atoms with Crippen molar-refractivity contribution in [1.82, 2.24) is 9.38 Å². The lowest BCUT2D eigenvalue weighted by molar-refractivity contribution is -0.137. The predicted molar refractivity (Wildman–Crippen MR) is 75.5 cm³/mol. The Morgan fingerprint density at radius 1 is 1.14 bits per heavy atom. The second-order valence-corrected chi connectivity index (χ2v) is 4.85. The molecule has 22 heavy (non-hydrogen) atoms. The quantitative estimate of drug-likeness (QED) is 0.728. The van der Waals surface area contributed by atoms with E-state index in [1.165, 1.54) is 12.4 Å². The number of hydrogen-bond acceptors (Lipinski definition) is 2. The Balaban J connectivity index is 2.08. The molecule has 1 aromatic carbocycles. The second-order valence-electron chi connectivity index (χ2n) is 4.85. The minimum atomic E-state index is -4.38. The molecule has 2 aromatic heterocycles. The Kier molecular flexibility index (Phi) is 3.62. The first-order valence-electron chi connectivity index (χ1n) is 6.62. The highest BCUT2D eigenvalue weighted by Gasteiger charge is 2.31. The van der Waals surface area contributed by atoms with E-state index in [-0.39, 0.29) is 5.65 Å². The number of halogens is 3. The van der Waals surface area contributed by atoms with Crippen LogP contribution in [0.1, 0.15) is 22.9 Å². The van der Waals surface area contributed by atoms with Gasteiger partial charge in [-0.05, 0) is 17.7 Å². The molecule has 114 valence electrons. The summed E-state index contributed by atoms with van der Waals surface area (Å²) in [6.45, 7) is 0. The van der Waals surface area contributed by atoms with Gasteiger partial charge in [0.05, 0.1) is 17.5 Å². The largest absolute Gasteiger partial charge is 0.416 e. The first-order valence-corrected chi connectivity index (χ1v) is 6.62. The number of alkyl halides is 3. The van der Waals surface area contributed by atoms with Crippen molar-refractivity contribution >= 4 is 5.65 Å². The monoisotopic (exact) mass is 306 g/mol. The van der Waals surface area contributed by atoms with Crippen LogP contribution in [0.15, 0.2) is 54.9 Å². The van der Waals surface area contributed by atoms with Crippen LogP contribution in [-0.4, -0.2) is 16.5 Å². The zero-order valence-electron chi connectivity index (χ0n) is 11.7. The average Bonchev–Trinajstić information content (AvgIpc) is 2.92. The molecule has 0 amide bonds. The van der Waals surface area contributed by atoms with E-state index < -0.39 is 17.8 Å². The van der Waals surface area contributed by atoms with Crippen LogP contribution < -0.4 is 0 Å². The van der Waals surface area contributed by atoms with Gasteiger partial charge in [-0.3, -0.25) is 0 Å². The summed E-state index contributed by atoms with van der Waals surface area (Å²) in [5.41, 5.74) is 1.11. The lowest BCUT2D eigenvalue weighted by Gasteiger charge is -2.16. The molecule has 3 nitrogen and oxygen atoms in total. The molecule has 0 aliphatic heterocycles. The summed E-state index contributed by atoms with van der Waals surface area (Å²) in [4.78, 5) is 4.07. The van der Waals surface area contributed by atoms with Crippen molar-refractivity contribution < 1.29 is 17.9 Å². The van der Waals surface area contributed by atoms with Crippen LogP contribution in [0.3, 0.4) is 0 Å². The third-order valence-corrected chi connectivity index (χ3v) is 3.48. The Labute approximate surface area is 125 Å². The minimum Gasteiger partial charge on any atom is -0.370 e. The summed E-state index contributed by atoms with van der Waals surface area (Å²) < 4.78 is 45.4. The van der Waals surface area contributed by atoms with Gasteiger partial charge >= 0.3 is 6.18 Å². The van der Waals surface area contributed by atoms with Gasteiger partial charge in [0.25, 0.3) is 0 Å². The Morgan fingerprint density at radius 3 is 2.50 bits per heavy atom. The third kappa shape index (κ3) is 2.57. The Morgan fingerprint density at radius 2 is 1.86 bits per heavy atom. The van der Waals surface area contributed by atoms with Crippen LogP contribution in [-0.2, 0) is 10.9 Å². The van der Waals surface area contributed by atoms with Crippen LogP contribution in [0, 0.1) is 0 Å². The van der Waals surface area contributed by atoms with Gasteiger partial charge in [0.15, 0.2) is 0 Å². The molecule has 2 heterocycles. The molecule has 0 spiro atoms. The fourth-order valence-electron chi connectivity index (χ4n) is 2.43. The van der Waals surface area contributed by atoms with E-state index >= 15 is 0 Å². The molecule has 1 unspecified atom stereocenters. The van der Waals surface area contributed by atoms with E-state index in [4.69, 9.17) is 4.74 Å². The van der Waals surface area contributed by atoms with Crippen molar-refractivity contribution in [3.8, 4) is 0 Å². The summed E-state index contributed by atoms with van der Waals surface area (Å²) in [6.07, 6.45) is -1.87. The molecule has 0 bridgehead atoms. The van der Waals surface area contributed by atoms with Crippen molar-refractivity contribution in [2.45, 2.75) is 12.3 Å². The maximum absolute atomic E-state index is 12.8. The van der Waals surface area contributed by atoms with E-state index in [2.05, 4.69) is 4.98 Å². The van der Waals surface area contributed by atoms with Crippen molar-refractivity contribution in [3.05, 3.63) is 71.7 Å². The Bertz CT molecular complexity index is 781. The van der Waals surface area contributed by atoms with Crippen molar-refractivity contribution in [1.29, 1.82) is 0 Å². The molecule has 6 heteroatoms. The molecule has 3 aromatic rings. The number of hydrogen-bond donors (Lipinski definition) is 0. The summed E-state index contributed by atoms with van der Waals surface area (Å²) >= 11 is 0. The first kappa shape index (κ1) is 14.6. The van der Waals surface area contributed by atoms with Gasteiger partial charge in [0, 0.05) is 13.3 Å². The SMILES string of the molecule is COC(c1ccccc1)c1cnc2cc(C(F)(F)F)ccn12. The van der Waals surface area contributed by atoms with E-state index in [0.717, 1.165) is 17.7 Å². The van der Waals surface area contributed by atoms with Crippen molar-refractivity contribution in [3.63, 3.8) is 0 Å². The highest BCUT2D eigenvalue weighted by molar-refractivity contribution is 5.45. The number of methoxy groups -OCH3 is 1. The van der Waals surface area contributed by atoms with Crippen LogP contribution in [0.25, 0.3) is 5.65 Å². The summed E-state index contributed by atoms with van der Waals surface area (Å²) in [5.74, 6) is 0. The lowest BCUT2D eigenvalue weighted by atomic mass is 10.1. The number of imidazole rings is 1. The van der Waals surface area contributed by atoms with Gasteiger partial charge in [-0.1, -0.05) is 30.3 Å². The number of pyridine rings is 1. The molecule has 0 aliphatic rings. The Hall–Kier alpha value is -2.34. The summed E-state index contributed by atoms with van der Waals surface area (Å²) in [7, 11) is 1.56. The number of aromatic nitrogens is 2. The zero-order chi connectivity index (χ0) is 15.7. The first-order chi connectivity index (χ1) is 10.5. The zero-order valence-corrected chi connectivity index (χ0v) is 11.7. The van der Waals surface area contributed by atoms with Gasteiger partial charge in [0.1, 0.15) is 11.8 Å². The van der Waals surface area contributed by atoms with Gasteiger partial charge < -0.3 is 9.14 Å². The van der Waals surface area contributed by atoms with Gasteiger partial charge in [-0.25, -0.2) is 4.98 Å². The predicted octanol–water partition coefficient (Wildman–Crippen LogP) is 4.09. The summed E-state index contributed by atoms with van der Waals surface area (Å²) in [5, 5.41) is 0. The summed E-state index contributed by atoms with van der Waals surface area (Å²) in [6, 6.07) is 11.5. The molecule has 0 aliphatic carbocycles. The van der Waals surface area contributed by atoms with Crippen LogP contribution in [0.2, 0.25) is 0 Å². The van der Waals surface area contributed by atoms with E-state index in [1.807, 2.05) is 30.3 Å². The molecule has 0 N–H and O–H groups in total. The topological polar surface area (TPSA) is 26.5 Å². The third-order valence-electron chi connectivity index (χ3n) is 3.48. The second kappa shape index (κ2) is 5.46. The number of rotatable bonds is 3. The fourth-order valence-corrected chi connectivity index (χ4v) is 2.43. The number of nitrogens with zero attached hydrogens (tertiary/aromatic N) is 2. The minimum absolute atomic E-state index is 0.239. The maximum atomic E-state index is 12.8. The lowest BCUT2D eigenvalue weighted by Crippen LogP contribution is -2.08. The number of ether oxygens (including phenoxy) is 1. The van der Waals surface area contributed by atoms with Crippen LogP contribution in [0.4, 0.5) is 13.2 Å². The van der Waals surface area contributed by atoms with E-state index in [9.17, 15) is 13.2 Å². The standard InChI is InChI=1S/C16H13F3N2O/c1-22-15(11-5-3-2-4-6-11)13-10-20-14-9-12(16(17,18)19)7-8-21(13)14/h2-10,15H,1H3. The molecule has 0 radical (unpaired) electrons. The van der Waals surface area contributed by atoms with E-state index in [1.54, 1.807) is 11.5 Å². The van der Waals surface area contributed by atoms with Crippen LogP contribution in [0.5, 0.6) is 0 Å². The van der Waals surface area contributed by atoms with Gasteiger partial charge in [0.2, 0.25) is 0 Å². The van der Waals surface area contributed by atoms with Crippen molar-refractivity contribution in [2.24, 2.45) is 0 Å². The van der Waals surface area contributed by atoms with E-state index in [0.29, 0.717) is 5.69 Å². The molecule has 0 fully saturated rings. The van der Waals surface area contributed by atoms with Crippen LogP contribution >= 0.6 is 0 Å². The highest BCUT2D eigenvalue weighted by Crippen LogP contribution is 2.31. The van der Waals surface area contributed by atoms with Gasteiger partial charge in [-0.2, -0.15) is 13.2 Å². The molecular weight excluding hydrogens is 293 g/mol. The number of fused-ring (bicyclic) bond motifs is 1. The van der Waals surface area contributed by atoms with Crippen molar-refractivity contribution in [2.75, 3.05) is 7.11 Å². The van der Waals surface area contributed by atoms with Gasteiger partial charge in [-0.15, -0.1) is 0 Å². The fraction of sp³-hybridized carbons (Fsp3) is 0.188. The molecule has 1 atom stereocenters. The highest BCUT2D eigenvalue weighted by atomic mass is 19.4. The smallest absolute Gasteiger partial charge is 0.370 e. The maximum Gasteiger partial charge on any atom is 0.416 e. The normalized spacial score (nSPS) is 13.5. The average molecular weight is 306 g/mol.